The number of nitrogens with zero attached hydrogens (tertiary/aromatic N) is 2. The zero-order valence-electron chi connectivity index (χ0n) is 11.4. The quantitative estimate of drug-likeness (QED) is 0.581. The predicted octanol–water partition coefficient (Wildman–Crippen LogP) is 4.13. The molecule has 0 atom stereocenters. The third-order valence-electron chi connectivity index (χ3n) is 3.44. The van der Waals surface area contributed by atoms with Crippen molar-refractivity contribution in [1.82, 2.24) is 4.98 Å². The third kappa shape index (κ3) is 2.57. The Labute approximate surface area is 125 Å². The fourth-order valence-corrected chi connectivity index (χ4v) is 3.06. The lowest BCUT2D eigenvalue weighted by molar-refractivity contribution is -0.385. The summed E-state index contributed by atoms with van der Waals surface area (Å²) in [6.07, 6.45) is 1.77. The van der Waals surface area contributed by atoms with E-state index in [1.54, 1.807) is 30.5 Å². The van der Waals surface area contributed by atoms with Gasteiger partial charge in [0, 0.05) is 34.5 Å². The average Bonchev–Trinajstić information content (AvgIpc) is 2.95. The smallest absolute Gasteiger partial charge is 0.272 e. The monoisotopic (exact) mass is 299 g/mol. The van der Waals surface area contributed by atoms with Crippen molar-refractivity contribution in [2.75, 3.05) is 5.32 Å². The normalized spacial score (nSPS) is 10.7. The standard InChI is InChI=1S/C15H13N3O2S/c1-10-11(3-2-4-13(10)18(19)20)9-17-15-12-6-8-21-14(12)5-7-16-15/h2-8H,9H2,1H3,(H,16,17). The Bertz CT molecular complexity index is 814. The molecular weight excluding hydrogens is 286 g/mol. The van der Waals surface area contributed by atoms with Crippen LogP contribution in [0.1, 0.15) is 11.1 Å². The zero-order chi connectivity index (χ0) is 14.8. The van der Waals surface area contributed by atoms with Crippen molar-refractivity contribution in [3.05, 3.63) is 63.1 Å². The largest absolute Gasteiger partial charge is 0.365 e. The molecule has 0 bridgehead atoms. The first kappa shape index (κ1) is 13.5. The molecule has 3 aromatic rings. The number of nitro groups is 1. The number of anilines is 1. The van der Waals surface area contributed by atoms with Crippen LogP contribution in [0.4, 0.5) is 11.5 Å². The molecule has 3 rings (SSSR count). The van der Waals surface area contributed by atoms with Crippen LogP contribution in [-0.2, 0) is 6.54 Å². The van der Waals surface area contributed by atoms with Crippen LogP contribution in [0, 0.1) is 17.0 Å². The highest BCUT2D eigenvalue weighted by Gasteiger charge is 2.13. The van der Waals surface area contributed by atoms with E-state index < -0.39 is 0 Å². The molecule has 6 heteroatoms. The van der Waals surface area contributed by atoms with Crippen molar-refractivity contribution in [1.29, 1.82) is 0 Å². The minimum Gasteiger partial charge on any atom is -0.365 e. The second kappa shape index (κ2) is 5.49. The van der Waals surface area contributed by atoms with Crippen molar-refractivity contribution in [3.8, 4) is 0 Å². The first-order chi connectivity index (χ1) is 10.2. The molecule has 0 saturated carbocycles. The van der Waals surface area contributed by atoms with Crippen LogP contribution in [0.2, 0.25) is 0 Å². The molecule has 2 aromatic heterocycles. The van der Waals surface area contributed by atoms with Crippen LogP contribution >= 0.6 is 11.3 Å². The van der Waals surface area contributed by atoms with Gasteiger partial charge in [0.2, 0.25) is 0 Å². The van der Waals surface area contributed by atoms with E-state index in [2.05, 4.69) is 10.3 Å². The average molecular weight is 299 g/mol. The number of aromatic nitrogens is 1. The van der Waals surface area contributed by atoms with E-state index in [4.69, 9.17) is 0 Å². The van der Waals surface area contributed by atoms with E-state index in [0.29, 0.717) is 12.1 Å². The van der Waals surface area contributed by atoms with Crippen molar-refractivity contribution in [2.45, 2.75) is 13.5 Å². The minimum atomic E-state index is -0.351. The third-order valence-corrected chi connectivity index (χ3v) is 4.32. The highest BCUT2D eigenvalue weighted by molar-refractivity contribution is 7.17. The van der Waals surface area contributed by atoms with Crippen molar-refractivity contribution >= 4 is 32.9 Å². The van der Waals surface area contributed by atoms with E-state index in [0.717, 1.165) is 16.8 Å². The van der Waals surface area contributed by atoms with Gasteiger partial charge in [-0.15, -0.1) is 11.3 Å². The summed E-state index contributed by atoms with van der Waals surface area (Å²) in [5.41, 5.74) is 1.74. The van der Waals surface area contributed by atoms with E-state index in [1.807, 2.05) is 23.6 Å². The van der Waals surface area contributed by atoms with Crippen LogP contribution in [0.5, 0.6) is 0 Å². The first-order valence-corrected chi connectivity index (χ1v) is 7.34. The van der Waals surface area contributed by atoms with Gasteiger partial charge < -0.3 is 5.32 Å². The van der Waals surface area contributed by atoms with Crippen LogP contribution in [-0.4, -0.2) is 9.91 Å². The Kier molecular flexibility index (Phi) is 3.53. The van der Waals surface area contributed by atoms with Gasteiger partial charge in [0.1, 0.15) is 5.82 Å². The van der Waals surface area contributed by atoms with Gasteiger partial charge in [0.05, 0.1) is 4.92 Å². The van der Waals surface area contributed by atoms with Gasteiger partial charge in [0.15, 0.2) is 0 Å². The van der Waals surface area contributed by atoms with Crippen LogP contribution in [0.25, 0.3) is 10.1 Å². The molecule has 21 heavy (non-hydrogen) atoms. The summed E-state index contributed by atoms with van der Waals surface area (Å²) in [5.74, 6) is 0.805. The Balaban J connectivity index is 1.87. The van der Waals surface area contributed by atoms with Gasteiger partial charge in [-0.3, -0.25) is 10.1 Å². The fraction of sp³-hybridized carbons (Fsp3) is 0.133. The number of nitrogens with one attached hydrogen (secondary N) is 1. The number of fused-ring (bicyclic) bond motifs is 1. The molecule has 2 heterocycles. The Morgan fingerprint density at radius 3 is 3.00 bits per heavy atom. The Hall–Kier alpha value is -2.47. The maximum Gasteiger partial charge on any atom is 0.272 e. The fourth-order valence-electron chi connectivity index (χ4n) is 2.27. The molecular formula is C15H13N3O2S. The van der Waals surface area contributed by atoms with Gasteiger partial charge in [0.25, 0.3) is 5.69 Å². The highest BCUT2D eigenvalue weighted by Crippen LogP contribution is 2.27. The second-order valence-electron chi connectivity index (χ2n) is 4.66. The van der Waals surface area contributed by atoms with Crippen LogP contribution in [0.15, 0.2) is 41.9 Å². The van der Waals surface area contributed by atoms with Crippen LogP contribution in [0.3, 0.4) is 0 Å². The molecule has 0 radical (unpaired) electrons. The van der Waals surface area contributed by atoms with E-state index in [9.17, 15) is 10.1 Å². The molecule has 1 N–H and O–H groups in total. The van der Waals surface area contributed by atoms with Gasteiger partial charge in [-0.25, -0.2) is 4.98 Å². The van der Waals surface area contributed by atoms with Crippen molar-refractivity contribution in [2.24, 2.45) is 0 Å². The lowest BCUT2D eigenvalue weighted by Crippen LogP contribution is -2.04. The summed E-state index contributed by atoms with van der Waals surface area (Å²) in [6, 6.07) is 9.12. The lowest BCUT2D eigenvalue weighted by Gasteiger charge is -2.09. The van der Waals surface area contributed by atoms with E-state index in [-0.39, 0.29) is 10.6 Å². The van der Waals surface area contributed by atoms with Gasteiger partial charge in [-0.2, -0.15) is 0 Å². The summed E-state index contributed by atoms with van der Waals surface area (Å²) < 4.78 is 1.17. The zero-order valence-corrected chi connectivity index (χ0v) is 12.2. The summed E-state index contributed by atoms with van der Waals surface area (Å²) in [7, 11) is 0. The van der Waals surface area contributed by atoms with Crippen molar-refractivity contribution < 1.29 is 4.92 Å². The summed E-state index contributed by atoms with van der Waals surface area (Å²) in [4.78, 5) is 15.0. The van der Waals surface area contributed by atoms with E-state index >= 15 is 0 Å². The first-order valence-electron chi connectivity index (χ1n) is 6.46. The van der Waals surface area contributed by atoms with Crippen molar-refractivity contribution in [3.63, 3.8) is 0 Å². The van der Waals surface area contributed by atoms with Crippen LogP contribution < -0.4 is 5.32 Å². The maximum atomic E-state index is 11.0. The molecule has 0 aliphatic rings. The molecule has 5 nitrogen and oxygen atoms in total. The minimum absolute atomic E-state index is 0.149. The molecule has 0 amide bonds. The second-order valence-corrected chi connectivity index (χ2v) is 5.61. The molecule has 0 saturated heterocycles. The molecule has 0 aliphatic carbocycles. The van der Waals surface area contributed by atoms with Gasteiger partial charge in [-0.05, 0) is 30.0 Å². The Morgan fingerprint density at radius 1 is 1.33 bits per heavy atom. The van der Waals surface area contributed by atoms with E-state index in [1.165, 1.54) is 10.8 Å². The SMILES string of the molecule is Cc1c(CNc2nccc3sccc23)cccc1[N+](=O)[O-]. The summed E-state index contributed by atoms with van der Waals surface area (Å²) in [5, 5.41) is 17.3. The molecule has 0 spiro atoms. The molecule has 106 valence electrons. The topological polar surface area (TPSA) is 68.1 Å². The number of thiophene rings is 1. The van der Waals surface area contributed by atoms with Gasteiger partial charge >= 0.3 is 0 Å². The predicted molar refractivity (Wildman–Crippen MR) is 84.8 cm³/mol. The summed E-state index contributed by atoms with van der Waals surface area (Å²) >= 11 is 1.66. The molecule has 0 fully saturated rings. The lowest BCUT2D eigenvalue weighted by atomic mass is 10.1. The Morgan fingerprint density at radius 2 is 2.19 bits per heavy atom. The summed E-state index contributed by atoms with van der Waals surface area (Å²) in [6.45, 7) is 2.28. The number of benzene rings is 1. The number of hydrogen-bond donors (Lipinski definition) is 1. The molecule has 1 aromatic carbocycles. The molecule has 0 unspecified atom stereocenters. The number of rotatable bonds is 4. The maximum absolute atomic E-state index is 11.0. The number of pyridine rings is 1. The number of nitro benzene ring substituents is 1. The molecule has 0 aliphatic heterocycles. The number of hydrogen-bond acceptors (Lipinski definition) is 5. The van der Waals surface area contributed by atoms with Gasteiger partial charge in [-0.1, -0.05) is 12.1 Å². The highest BCUT2D eigenvalue weighted by atomic mass is 32.1.